The fraction of sp³-hybridized carbons (Fsp3) is 0.250. The van der Waals surface area contributed by atoms with Crippen LogP contribution in [0.2, 0.25) is 0 Å². The molecule has 2 heterocycles. The second-order valence-corrected chi connectivity index (χ2v) is 4.85. The Morgan fingerprint density at radius 2 is 1.88 bits per heavy atom. The predicted octanol–water partition coefficient (Wildman–Crippen LogP) is 1.95. The van der Waals surface area contributed by atoms with Gasteiger partial charge in [-0.25, -0.2) is 0 Å². The van der Waals surface area contributed by atoms with Crippen LogP contribution in [0, 0.1) is 0 Å². The zero-order chi connectivity index (χ0) is 11.4. The topological polar surface area (TPSA) is 25.2 Å². The third-order valence-electron chi connectivity index (χ3n) is 2.27. The largest absolute Gasteiger partial charge is 0.290 e. The van der Waals surface area contributed by atoms with E-state index >= 15 is 0 Å². The molecule has 0 spiro atoms. The summed E-state index contributed by atoms with van der Waals surface area (Å²) in [7, 11) is 0. The van der Waals surface area contributed by atoms with Gasteiger partial charge in [0.2, 0.25) is 0 Å². The van der Waals surface area contributed by atoms with E-state index in [0.29, 0.717) is 5.25 Å². The van der Waals surface area contributed by atoms with E-state index < -0.39 is 0 Å². The van der Waals surface area contributed by atoms with E-state index in [2.05, 4.69) is 19.1 Å². The summed E-state index contributed by atoms with van der Waals surface area (Å²) in [6.45, 7) is 2.15. The van der Waals surface area contributed by atoms with Crippen LogP contribution in [-0.2, 0) is 0 Å². The molecular formula is C12H14N2OS. The van der Waals surface area contributed by atoms with E-state index in [-0.39, 0.29) is 5.43 Å². The standard InChI is InChI=1S/C12H14N2OS/c1-2-16-12-5-9-14(10-6-12)13-7-3-11(15)4-8-13/h3-10,12H,2H2,1H3. The maximum atomic E-state index is 11.0. The molecule has 0 amide bonds. The van der Waals surface area contributed by atoms with Crippen molar-refractivity contribution < 1.29 is 0 Å². The number of aromatic nitrogens is 1. The van der Waals surface area contributed by atoms with E-state index in [0.717, 1.165) is 5.75 Å². The SMILES string of the molecule is CCSC1C=CN(n2ccc(=O)cc2)C=C1. The molecule has 1 aliphatic rings. The van der Waals surface area contributed by atoms with Gasteiger partial charge < -0.3 is 0 Å². The lowest BCUT2D eigenvalue weighted by Crippen LogP contribution is -2.26. The van der Waals surface area contributed by atoms with Gasteiger partial charge in [-0.05, 0) is 17.9 Å². The van der Waals surface area contributed by atoms with Gasteiger partial charge in [-0.2, -0.15) is 11.8 Å². The van der Waals surface area contributed by atoms with Crippen LogP contribution in [0.1, 0.15) is 6.92 Å². The quantitative estimate of drug-likeness (QED) is 0.799. The van der Waals surface area contributed by atoms with Crippen molar-refractivity contribution in [1.29, 1.82) is 0 Å². The summed E-state index contributed by atoms with van der Waals surface area (Å²) < 4.78 is 1.86. The normalized spacial score (nSPS) is 15.7. The summed E-state index contributed by atoms with van der Waals surface area (Å²) in [6.07, 6.45) is 11.8. The van der Waals surface area contributed by atoms with E-state index in [1.54, 1.807) is 24.5 Å². The Bertz CT molecular complexity index is 430. The molecule has 0 radical (unpaired) electrons. The monoisotopic (exact) mass is 234 g/mol. The van der Waals surface area contributed by atoms with Crippen molar-refractivity contribution in [3.05, 3.63) is 59.3 Å². The first kappa shape index (κ1) is 11.1. The minimum atomic E-state index is 0.0284. The highest BCUT2D eigenvalue weighted by molar-refractivity contribution is 8.00. The minimum absolute atomic E-state index is 0.0284. The number of nitrogens with zero attached hydrogens (tertiary/aromatic N) is 2. The first-order chi connectivity index (χ1) is 7.79. The maximum Gasteiger partial charge on any atom is 0.181 e. The van der Waals surface area contributed by atoms with Crippen molar-refractivity contribution in [1.82, 2.24) is 4.68 Å². The molecule has 0 unspecified atom stereocenters. The molecule has 0 N–H and O–H groups in total. The van der Waals surface area contributed by atoms with Gasteiger partial charge in [-0.1, -0.05) is 6.92 Å². The van der Waals surface area contributed by atoms with Gasteiger partial charge in [-0.15, -0.1) is 0 Å². The van der Waals surface area contributed by atoms with Gasteiger partial charge >= 0.3 is 0 Å². The number of hydrogen-bond donors (Lipinski definition) is 0. The van der Waals surface area contributed by atoms with Crippen LogP contribution in [0.3, 0.4) is 0 Å². The molecule has 4 heteroatoms. The highest BCUT2D eigenvalue weighted by atomic mass is 32.2. The number of rotatable bonds is 3. The Kier molecular flexibility index (Phi) is 3.51. The van der Waals surface area contributed by atoms with Crippen LogP contribution in [0.5, 0.6) is 0 Å². The Labute approximate surface area is 99.0 Å². The van der Waals surface area contributed by atoms with Crippen molar-refractivity contribution in [2.45, 2.75) is 12.2 Å². The van der Waals surface area contributed by atoms with E-state index in [4.69, 9.17) is 0 Å². The van der Waals surface area contributed by atoms with Crippen molar-refractivity contribution >= 4 is 11.8 Å². The van der Waals surface area contributed by atoms with Crippen LogP contribution < -0.4 is 10.4 Å². The lowest BCUT2D eigenvalue weighted by molar-refractivity contribution is 0.781. The molecule has 0 atom stereocenters. The van der Waals surface area contributed by atoms with Gasteiger partial charge in [-0.3, -0.25) is 14.5 Å². The number of thioether (sulfide) groups is 1. The molecule has 16 heavy (non-hydrogen) atoms. The molecule has 1 aliphatic heterocycles. The molecule has 0 aromatic carbocycles. The minimum Gasteiger partial charge on any atom is -0.290 e. The smallest absolute Gasteiger partial charge is 0.181 e. The maximum absolute atomic E-state index is 11.0. The third-order valence-corrected chi connectivity index (χ3v) is 3.30. The first-order valence-corrected chi connectivity index (χ1v) is 6.29. The lowest BCUT2D eigenvalue weighted by atomic mass is 10.3. The Balaban J connectivity index is 2.09. The van der Waals surface area contributed by atoms with Crippen molar-refractivity contribution in [3.8, 4) is 0 Å². The number of pyridine rings is 1. The summed E-state index contributed by atoms with van der Waals surface area (Å²) >= 11 is 1.89. The van der Waals surface area contributed by atoms with Crippen LogP contribution >= 0.6 is 11.8 Å². The van der Waals surface area contributed by atoms with Crippen LogP contribution in [0.15, 0.2) is 53.9 Å². The summed E-state index contributed by atoms with van der Waals surface area (Å²) in [5.74, 6) is 1.11. The highest BCUT2D eigenvalue weighted by Gasteiger charge is 2.06. The fourth-order valence-corrected chi connectivity index (χ4v) is 2.22. The van der Waals surface area contributed by atoms with Crippen molar-refractivity contribution in [2.24, 2.45) is 0 Å². The van der Waals surface area contributed by atoms with Gasteiger partial charge in [0.1, 0.15) is 0 Å². The molecular weight excluding hydrogens is 220 g/mol. The van der Waals surface area contributed by atoms with Crippen molar-refractivity contribution in [2.75, 3.05) is 10.8 Å². The Hall–Kier alpha value is -1.42. The van der Waals surface area contributed by atoms with Gasteiger partial charge in [0.15, 0.2) is 5.43 Å². The molecule has 1 aromatic rings. The van der Waals surface area contributed by atoms with Crippen LogP contribution in [0.4, 0.5) is 0 Å². The molecule has 1 aromatic heterocycles. The van der Waals surface area contributed by atoms with Gasteiger partial charge in [0.05, 0.1) is 0 Å². The van der Waals surface area contributed by atoms with Crippen LogP contribution in [-0.4, -0.2) is 15.7 Å². The second kappa shape index (κ2) is 5.07. The number of hydrogen-bond acceptors (Lipinski definition) is 3. The zero-order valence-corrected chi connectivity index (χ0v) is 9.93. The molecule has 2 rings (SSSR count). The Morgan fingerprint density at radius 3 is 2.44 bits per heavy atom. The summed E-state index contributed by atoms with van der Waals surface area (Å²) in [5, 5.41) is 2.40. The molecule has 0 fully saturated rings. The third kappa shape index (κ3) is 2.58. The molecule has 0 saturated carbocycles. The van der Waals surface area contributed by atoms with Crippen LogP contribution in [0.25, 0.3) is 0 Å². The zero-order valence-electron chi connectivity index (χ0n) is 9.11. The average Bonchev–Trinajstić information content (AvgIpc) is 2.32. The summed E-state index contributed by atoms with van der Waals surface area (Å²) in [4.78, 5) is 11.0. The molecule has 0 aliphatic carbocycles. The molecule has 84 valence electrons. The first-order valence-electron chi connectivity index (χ1n) is 5.25. The second-order valence-electron chi connectivity index (χ2n) is 3.40. The fourth-order valence-electron chi connectivity index (χ4n) is 1.48. The van der Waals surface area contributed by atoms with E-state index in [9.17, 15) is 4.79 Å². The average molecular weight is 234 g/mol. The van der Waals surface area contributed by atoms with Gasteiger partial charge in [0, 0.05) is 42.2 Å². The summed E-state index contributed by atoms with van der Waals surface area (Å²) in [5.41, 5.74) is 0.0284. The van der Waals surface area contributed by atoms with E-state index in [1.807, 2.05) is 33.8 Å². The van der Waals surface area contributed by atoms with E-state index in [1.165, 1.54) is 0 Å². The predicted molar refractivity (Wildman–Crippen MR) is 69.1 cm³/mol. The Morgan fingerprint density at radius 1 is 1.25 bits per heavy atom. The molecule has 0 bridgehead atoms. The van der Waals surface area contributed by atoms with Gasteiger partial charge in [0.25, 0.3) is 0 Å². The lowest BCUT2D eigenvalue weighted by Gasteiger charge is -2.23. The van der Waals surface area contributed by atoms with Crippen molar-refractivity contribution in [3.63, 3.8) is 0 Å². The summed E-state index contributed by atoms with van der Waals surface area (Å²) in [6, 6.07) is 3.10. The highest BCUT2D eigenvalue weighted by Crippen LogP contribution is 2.16. The molecule has 3 nitrogen and oxygen atoms in total. The molecule has 0 saturated heterocycles.